The van der Waals surface area contributed by atoms with Crippen LogP contribution in [-0.2, 0) is 6.42 Å². The minimum atomic E-state index is -0.243. The van der Waals surface area contributed by atoms with Gasteiger partial charge in [0, 0.05) is 46.2 Å². The molecule has 6 rings (SSSR count). The van der Waals surface area contributed by atoms with E-state index < -0.39 is 0 Å². The lowest BCUT2D eigenvalue weighted by molar-refractivity contribution is 0.400. The minimum absolute atomic E-state index is 0.243. The summed E-state index contributed by atoms with van der Waals surface area (Å²) in [6, 6.07) is 9.44. The lowest BCUT2D eigenvalue weighted by Gasteiger charge is -2.10. The van der Waals surface area contributed by atoms with Gasteiger partial charge in [-0.25, -0.2) is 9.37 Å². The molecule has 0 atom stereocenters. The van der Waals surface area contributed by atoms with Gasteiger partial charge in [-0.05, 0) is 86.9 Å². The van der Waals surface area contributed by atoms with Crippen LogP contribution in [0.5, 0.6) is 0 Å². The molecule has 43 heavy (non-hydrogen) atoms. The third-order valence-corrected chi connectivity index (χ3v) is 7.60. The Morgan fingerprint density at radius 2 is 1.95 bits per heavy atom. The Bertz CT molecular complexity index is 1910. The van der Waals surface area contributed by atoms with E-state index in [2.05, 4.69) is 84.2 Å². The Labute approximate surface area is 250 Å². The molecule has 0 saturated heterocycles. The fourth-order valence-corrected chi connectivity index (χ4v) is 5.36. The van der Waals surface area contributed by atoms with Crippen molar-refractivity contribution in [2.75, 3.05) is 27.2 Å². The van der Waals surface area contributed by atoms with Crippen LogP contribution in [0.25, 0.3) is 50.0 Å². The number of halogens is 1. The van der Waals surface area contributed by atoms with Crippen molar-refractivity contribution in [1.29, 1.82) is 0 Å². The monoisotopic (exact) mass is 574 g/mol. The molecule has 3 N–H and O–H groups in total. The first-order chi connectivity index (χ1) is 20.9. The van der Waals surface area contributed by atoms with Gasteiger partial charge in [0.15, 0.2) is 5.65 Å². The summed E-state index contributed by atoms with van der Waals surface area (Å²) in [6.45, 7) is 7.64. The molecule has 5 aromatic rings. The molecule has 0 radical (unpaired) electrons. The first-order valence-corrected chi connectivity index (χ1v) is 14.5. The fraction of sp³-hybridized carbons (Fsp3) is 0.235. The lowest BCUT2D eigenvalue weighted by Crippen LogP contribution is -2.13. The zero-order chi connectivity index (χ0) is 29.9. The molecule has 1 aromatic carbocycles. The van der Waals surface area contributed by atoms with Crippen molar-refractivity contribution in [1.82, 2.24) is 35.4 Å². The highest BCUT2D eigenvalue weighted by molar-refractivity contribution is 6.01. The van der Waals surface area contributed by atoms with Crippen LogP contribution in [0.3, 0.4) is 0 Å². The number of aryl methyl sites for hydroxylation is 1. The number of pyridine rings is 2. The summed E-state index contributed by atoms with van der Waals surface area (Å²) in [5.41, 5.74) is 9.60. The quantitative estimate of drug-likeness (QED) is 0.173. The van der Waals surface area contributed by atoms with Crippen LogP contribution in [0.1, 0.15) is 30.9 Å². The molecule has 0 fully saturated rings. The molecule has 8 nitrogen and oxygen atoms in total. The average molecular weight is 575 g/mol. The molecule has 1 aliphatic rings. The van der Waals surface area contributed by atoms with Crippen molar-refractivity contribution < 1.29 is 4.39 Å². The number of aromatic nitrogens is 5. The fourth-order valence-electron chi connectivity index (χ4n) is 5.36. The second kappa shape index (κ2) is 12.1. The zero-order valence-corrected chi connectivity index (χ0v) is 24.7. The average Bonchev–Trinajstić information content (AvgIpc) is 3.54. The van der Waals surface area contributed by atoms with Crippen molar-refractivity contribution in [3.8, 4) is 22.5 Å². The predicted molar refractivity (Wildman–Crippen MR) is 173 cm³/mol. The van der Waals surface area contributed by atoms with E-state index in [9.17, 15) is 4.39 Å². The Morgan fingerprint density at radius 3 is 2.79 bits per heavy atom. The molecule has 0 saturated carbocycles. The number of benzene rings is 1. The van der Waals surface area contributed by atoms with E-state index in [-0.39, 0.29) is 5.82 Å². The van der Waals surface area contributed by atoms with E-state index >= 15 is 0 Å². The molecule has 0 aliphatic carbocycles. The first-order valence-electron chi connectivity index (χ1n) is 14.5. The van der Waals surface area contributed by atoms with E-state index in [0.717, 1.165) is 92.7 Å². The van der Waals surface area contributed by atoms with Gasteiger partial charge in [0.05, 0.1) is 35.3 Å². The first kappa shape index (κ1) is 28.2. The number of nitrogens with zero attached hydrogens (tertiary/aromatic N) is 5. The summed E-state index contributed by atoms with van der Waals surface area (Å²) >= 11 is 0. The normalized spacial score (nSPS) is 13.4. The molecule has 0 spiro atoms. The third-order valence-electron chi connectivity index (χ3n) is 7.60. The van der Waals surface area contributed by atoms with Crippen molar-refractivity contribution in [3.63, 3.8) is 0 Å². The lowest BCUT2D eigenvalue weighted by atomic mass is 9.99. The minimum Gasteiger partial charge on any atom is -0.358 e. The Kier molecular flexibility index (Phi) is 7.98. The van der Waals surface area contributed by atoms with Crippen LogP contribution < -0.4 is 5.32 Å². The number of allylic oxidation sites excluding steroid dienone is 4. The van der Waals surface area contributed by atoms with Gasteiger partial charge in [-0.2, -0.15) is 5.10 Å². The van der Waals surface area contributed by atoms with Gasteiger partial charge in [-0.15, -0.1) is 0 Å². The number of fused-ring (bicyclic) bond motifs is 2. The Hall–Kier alpha value is -4.89. The highest BCUT2D eigenvalue weighted by atomic mass is 19.1. The van der Waals surface area contributed by atoms with Crippen LogP contribution in [0, 0.1) is 5.82 Å². The second-order valence-corrected chi connectivity index (χ2v) is 11.1. The van der Waals surface area contributed by atoms with Crippen LogP contribution in [-0.4, -0.2) is 63.4 Å². The summed E-state index contributed by atoms with van der Waals surface area (Å²) < 4.78 is 14.7. The van der Waals surface area contributed by atoms with Crippen LogP contribution in [0.4, 0.5) is 4.39 Å². The van der Waals surface area contributed by atoms with Gasteiger partial charge in [-0.3, -0.25) is 15.1 Å². The maximum atomic E-state index is 14.7. The summed E-state index contributed by atoms with van der Waals surface area (Å²) in [6.07, 6.45) is 14.0. The molecule has 218 valence electrons. The molecule has 4 aromatic heterocycles. The van der Waals surface area contributed by atoms with Gasteiger partial charge in [-0.1, -0.05) is 25.6 Å². The number of nitrogens with one attached hydrogen (secondary N) is 3. The molecule has 0 unspecified atom stereocenters. The summed E-state index contributed by atoms with van der Waals surface area (Å²) in [5, 5.41) is 12.8. The van der Waals surface area contributed by atoms with Crippen molar-refractivity contribution in [2.24, 2.45) is 4.99 Å². The summed E-state index contributed by atoms with van der Waals surface area (Å²) in [7, 11) is 4.10. The molecular weight excluding hydrogens is 539 g/mol. The highest BCUT2D eigenvalue weighted by Crippen LogP contribution is 2.35. The predicted octanol–water partition coefficient (Wildman–Crippen LogP) is 6.67. The standard InChI is InChI=1S/C34H35FN8/c1-5-21(2)39-27-14-23(8-9-36-18-27)25-15-29-33(41-42-34(29)38-17-25)31-16-28-30(19-37-20-32(28)40-31)24-11-22(12-26(35)13-24)7-6-10-43(3)4/h8,11-20,39-40H,2,5-7,9-10H2,1,3-4H3,(H,38,41,42). The number of hydrogen-bond donors (Lipinski definition) is 3. The van der Waals surface area contributed by atoms with Crippen LogP contribution in [0.2, 0.25) is 0 Å². The number of aliphatic imine (C=N–C) groups is 1. The summed E-state index contributed by atoms with van der Waals surface area (Å²) in [5.74, 6) is -0.243. The maximum absolute atomic E-state index is 14.7. The van der Waals surface area contributed by atoms with Gasteiger partial charge < -0.3 is 15.2 Å². The third kappa shape index (κ3) is 6.17. The number of H-pyrrole nitrogens is 2. The molecule has 0 bridgehead atoms. The highest BCUT2D eigenvalue weighted by Gasteiger charge is 2.16. The topological polar surface area (TPSA) is 97.9 Å². The molecule has 1 aliphatic heterocycles. The molecule has 0 amide bonds. The largest absolute Gasteiger partial charge is 0.358 e. The van der Waals surface area contributed by atoms with Crippen LogP contribution >= 0.6 is 0 Å². The van der Waals surface area contributed by atoms with Crippen molar-refractivity contribution in [2.45, 2.75) is 26.2 Å². The van der Waals surface area contributed by atoms with Crippen molar-refractivity contribution >= 4 is 33.7 Å². The second-order valence-electron chi connectivity index (χ2n) is 11.1. The van der Waals surface area contributed by atoms with Gasteiger partial charge in [0.1, 0.15) is 5.82 Å². The number of rotatable bonds is 10. The number of aromatic amines is 2. The molecule has 5 heterocycles. The number of hydrogen-bond acceptors (Lipinski definition) is 6. The van der Waals surface area contributed by atoms with E-state index in [1.807, 2.05) is 26.5 Å². The van der Waals surface area contributed by atoms with E-state index in [1.165, 1.54) is 0 Å². The summed E-state index contributed by atoms with van der Waals surface area (Å²) in [4.78, 5) is 19.2. The van der Waals surface area contributed by atoms with E-state index in [0.29, 0.717) is 12.2 Å². The Morgan fingerprint density at radius 1 is 1.07 bits per heavy atom. The smallest absolute Gasteiger partial charge is 0.181 e. The molecular formula is C34H35FN8. The van der Waals surface area contributed by atoms with Gasteiger partial charge in [0.25, 0.3) is 0 Å². The SMILES string of the molecule is C=C(CC)NC1=CC(c2cnc3n[nH]c(-c4cc5c(-c6cc(F)cc(CCCN(C)C)c6)cncc5[nH]4)c3c2)=CCN=C1. The Balaban J connectivity index is 1.36. The van der Waals surface area contributed by atoms with E-state index in [1.54, 1.807) is 24.5 Å². The molecule has 9 heteroatoms. The maximum Gasteiger partial charge on any atom is 0.181 e. The van der Waals surface area contributed by atoms with Crippen molar-refractivity contribution in [3.05, 3.63) is 96.0 Å². The zero-order valence-electron chi connectivity index (χ0n) is 24.7. The van der Waals surface area contributed by atoms with Gasteiger partial charge >= 0.3 is 0 Å². The van der Waals surface area contributed by atoms with Gasteiger partial charge in [0.2, 0.25) is 0 Å². The van der Waals surface area contributed by atoms with E-state index in [4.69, 9.17) is 0 Å². The van der Waals surface area contributed by atoms with Crippen LogP contribution in [0.15, 0.2) is 84.0 Å².